The number of hydrogen-bond acceptors (Lipinski definition) is 5. The number of hydrogen-bond donors (Lipinski definition) is 1. The molecule has 1 spiro atoms. The average Bonchev–Trinajstić information content (AvgIpc) is 2.83. The molecule has 0 aliphatic carbocycles. The monoisotopic (exact) mass is 404 g/mol. The van der Waals surface area contributed by atoms with Crippen LogP contribution in [0.3, 0.4) is 0 Å². The molecule has 2 aliphatic heterocycles. The fraction of sp³-hybridized carbons (Fsp3) is 0.714. The van der Waals surface area contributed by atoms with Crippen LogP contribution < -0.4 is 16.2 Å². The molecular formula is C14H21IN4O2. The Balaban J connectivity index is 1.80. The number of aromatic nitrogens is 2. The molecule has 0 aromatic carbocycles. The van der Waals surface area contributed by atoms with Crippen molar-refractivity contribution in [2.75, 3.05) is 30.3 Å². The standard InChI is InChI=1S/C14H21IN4O2/c1-9-7-14(8-21-9)3-5-19(6-4-14)13-17-11(16)10(15)12(20)18(13)2/h9H,3-8,16H2,1-2H3/t9-/m0/s1. The quantitative estimate of drug-likeness (QED) is 0.716. The third kappa shape index (κ3) is 2.65. The number of rotatable bonds is 1. The van der Waals surface area contributed by atoms with Crippen LogP contribution in [-0.4, -0.2) is 35.4 Å². The van der Waals surface area contributed by atoms with Crippen molar-refractivity contribution < 1.29 is 4.74 Å². The van der Waals surface area contributed by atoms with Gasteiger partial charge in [-0.3, -0.25) is 9.36 Å². The van der Waals surface area contributed by atoms with Gasteiger partial charge in [-0.15, -0.1) is 0 Å². The second-order valence-corrected chi connectivity index (χ2v) is 7.37. The van der Waals surface area contributed by atoms with E-state index < -0.39 is 0 Å². The van der Waals surface area contributed by atoms with Crippen molar-refractivity contribution >= 4 is 34.4 Å². The van der Waals surface area contributed by atoms with Crippen LogP contribution in [-0.2, 0) is 11.8 Å². The zero-order valence-corrected chi connectivity index (χ0v) is 14.6. The topological polar surface area (TPSA) is 73.4 Å². The molecule has 0 unspecified atom stereocenters. The maximum absolute atomic E-state index is 12.1. The Bertz CT molecular complexity index is 608. The maximum atomic E-state index is 12.1. The summed E-state index contributed by atoms with van der Waals surface area (Å²) < 4.78 is 7.85. The summed E-state index contributed by atoms with van der Waals surface area (Å²) in [7, 11) is 1.76. The van der Waals surface area contributed by atoms with E-state index in [2.05, 4.69) is 16.8 Å². The van der Waals surface area contributed by atoms with E-state index in [0.717, 1.165) is 39.0 Å². The average molecular weight is 404 g/mol. The summed E-state index contributed by atoms with van der Waals surface area (Å²) >= 11 is 1.95. The molecule has 0 radical (unpaired) electrons. The van der Waals surface area contributed by atoms with Crippen LogP contribution in [0.4, 0.5) is 11.8 Å². The number of piperidine rings is 1. The van der Waals surface area contributed by atoms with Crippen LogP contribution in [0.5, 0.6) is 0 Å². The smallest absolute Gasteiger partial charge is 0.270 e. The van der Waals surface area contributed by atoms with Crippen molar-refractivity contribution in [2.24, 2.45) is 12.5 Å². The highest BCUT2D eigenvalue weighted by atomic mass is 127. The van der Waals surface area contributed by atoms with E-state index in [0.29, 0.717) is 26.9 Å². The van der Waals surface area contributed by atoms with Gasteiger partial charge in [0.05, 0.1) is 12.7 Å². The van der Waals surface area contributed by atoms with Gasteiger partial charge in [0.15, 0.2) is 0 Å². The van der Waals surface area contributed by atoms with Gasteiger partial charge in [-0.2, -0.15) is 4.98 Å². The molecule has 0 saturated carbocycles. The molecule has 2 fully saturated rings. The first-order valence-electron chi connectivity index (χ1n) is 7.30. The molecule has 1 aromatic rings. The predicted molar refractivity (Wildman–Crippen MR) is 90.5 cm³/mol. The van der Waals surface area contributed by atoms with E-state index >= 15 is 0 Å². The van der Waals surface area contributed by atoms with E-state index in [4.69, 9.17) is 10.5 Å². The lowest BCUT2D eigenvalue weighted by Gasteiger charge is -2.39. The van der Waals surface area contributed by atoms with E-state index in [9.17, 15) is 4.79 Å². The van der Waals surface area contributed by atoms with Crippen LogP contribution in [0.25, 0.3) is 0 Å². The van der Waals surface area contributed by atoms with Gasteiger partial charge in [0.2, 0.25) is 5.95 Å². The predicted octanol–water partition coefficient (Wildman–Crippen LogP) is 1.36. The minimum atomic E-state index is -0.0730. The van der Waals surface area contributed by atoms with E-state index in [-0.39, 0.29) is 5.56 Å². The van der Waals surface area contributed by atoms with E-state index in [1.54, 1.807) is 11.6 Å². The van der Waals surface area contributed by atoms with Crippen LogP contribution in [0.2, 0.25) is 0 Å². The second-order valence-electron chi connectivity index (χ2n) is 6.29. The third-order valence-corrected chi connectivity index (χ3v) is 5.75. The van der Waals surface area contributed by atoms with E-state index in [1.807, 2.05) is 22.6 Å². The Hall–Kier alpha value is -0.830. The Labute approximate surface area is 137 Å². The van der Waals surface area contributed by atoms with Crippen LogP contribution in [0, 0.1) is 8.99 Å². The molecule has 1 aromatic heterocycles. The van der Waals surface area contributed by atoms with Crippen LogP contribution in [0.15, 0.2) is 4.79 Å². The molecule has 3 heterocycles. The van der Waals surface area contributed by atoms with Gasteiger partial charge in [-0.05, 0) is 54.2 Å². The fourth-order valence-corrected chi connectivity index (χ4v) is 3.92. The summed E-state index contributed by atoms with van der Waals surface area (Å²) in [5.41, 5.74) is 6.10. The molecule has 0 amide bonds. The summed E-state index contributed by atoms with van der Waals surface area (Å²) in [5.74, 6) is 1.01. The zero-order chi connectivity index (χ0) is 15.2. The Kier molecular flexibility index (Phi) is 3.89. The number of nitrogen functional groups attached to an aromatic ring is 1. The molecule has 21 heavy (non-hydrogen) atoms. The third-order valence-electron chi connectivity index (χ3n) is 4.74. The summed E-state index contributed by atoms with van der Waals surface area (Å²) in [5, 5.41) is 0. The van der Waals surface area contributed by atoms with Gasteiger partial charge >= 0.3 is 0 Å². The highest BCUT2D eigenvalue weighted by molar-refractivity contribution is 14.1. The lowest BCUT2D eigenvalue weighted by Crippen LogP contribution is -2.43. The largest absolute Gasteiger partial charge is 0.383 e. The molecule has 2 aliphatic rings. The molecule has 6 nitrogen and oxygen atoms in total. The summed E-state index contributed by atoms with van der Waals surface area (Å²) in [6.07, 6.45) is 3.67. The number of anilines is 2. The van der Waals surface area contributed by atoms with Crippen molar-refractivity contribution in [1.29, 1.82) is 0 Å². The molecular weight excluding hydrogens is 383 g/mol. The number of nitrogens with two attached hydrogens (primary N) is 1. The minimum Gasteiger partial charge on any atom is -0.383 e. The van der Waals surface area contributed by atoms with Gasteiger partial charge in [0, 0.05) is 20.1 Å². The van der Waals surface area contributed by atoms with Crippen molar-refractivity contribution in [3.8, 4) is 0 Å². The molecule has 2 N–H and O–H groups in total. The zero-order valence-electron chi connectivity index (χ0n) is 12.4. The molecule has 116 valence electrons. The number of halogens is 1. The second kappa shape index (κ2) is 5.42. The molecule has 7 heteroatoms. The van der Waals surface area contributed by atoms with Crippen molar-refractivity contribution in [2.45, 2.75) is 32.3 Å². The SMILES string of the molecule is C[C@H]1CC2(CCN(c3nc(N)c(I)c(=O)n3C)CC2)CO1. The summed E-state index contributed by atoms with van der Waals surface area (Å²) in [4.78, 5) is 18.7. The van der Waals surface area contributed by atoms with E-state index in [1.165, 1.54) is 0 Å². The lowest BCUT2D eigenvalue weighted by atomic mass is 9.77. The molecule has 3 rings (SSSR count). The summed E-state index contributed by atoms with van der Waals surface area (Å²) in [6.45, 7) is 4.81. The molecule has 0 bridgehead atoms. The lowest BCUT2D eigenvalue weighted by molar-refractivity contribution is 0.0974. The molecule has 2 saturated heterocycles. The molecule has 1 atom stereocenters. The minimum absolute atomic E-state index is 0.0730. The normalized spacial score (nSPS) is 24.7. The van der Waals surface area contributed by atoms with Gasteiger partial charge in [-0.25, -0.2) is 0 Å². The highest BCUT2D eigenvalue weighted by Gasteiger charge is 2.41. The van der Waals surface area contributed by atoms with Gasteiger partial charge < -0.3 is 15.4 Å². The Morgan fingerprint density at radius 2 is 2.10 bits per heavy atom. The summed E-state index contributed by atoms with van der Waals surface area (Å²) in [6, 6.07) is 0. The first-order valence-corrected chi connectivity index (χ1v) is 8.38. The van der Waals surface area contributed by atoms with Crippen LogP contribution in [0.1, 0.15) is 26.2 Å². The fourth-order valence-electron chi connectivity index (χ4n) is 3.44. The van der Waals surface area contributed by atoms with Crippen molar-refractivity contribution in [3.63, 3.8) is 0 Å². The van der Waals surface area contributed by atoms with Gasteiger partial charge in [0.1, 0.15) is 9.39 Å². The Morgan fingerprint density at radius 1 is 1.43 bits per heavy atom. The van der Waals surface area contributed by atoms with Crippen LogP contribution >= 0.6 is 22.6 Å². The Morgan fingerprint density at radius 3 is 2.67 bits per heavy atom. The van der Waals surface area contributed by atoms with Gasteiger partial charge in [-0.1, -0.05) is 0 Å². The first-order chi connectivity index (χ1) is 9.92. The maximum Gasteiger partial charge on any atom is 0.270 e. The van der Waals surface area contributed by atoms with Crippen molar-refractivity contribution in [3.05, 3.63) is 13.9 Å². The van der Waals surface area contributed by atoms with Crippen molar-refractivity contribution in [1.82, 2.24) is 9.55 Å². The van der Waals surface area contributed by atoms with Gasteiger partial charge in [0.25, 0.3) is 5.56 Å². The highest BCUT2D eigenvalue weighted by Crippen LogP contribution is 2.42. The number of nitrogens with zero attached hydrogens (tertiary/aromatic N) is 3. The first kappa shape index (κ1) is 15.1. The number of ether oxygens (including phenoxy) is 1.